The molecule has 0 radical (unpaired) electrons. The summed E-state index contributed by atoms with van der Waals surface area (Å²) in [6, 6.07) is 11.5. The van der Waals surface area contributed by atoms with Crippen LogP contribution in [0.15, 0.2) is 47.8 Å². The lowest BCUT2D eigenvalue weighted by atomic mass is 9.95. The molecule has 3 rings (SSSR count). The number of hydrogen-bond acceptors (Lipinski definition) is 4. The quantitative estimate of drug-likeness (QED) is 0.942. The maximum Gasteiger partial charge on any atom is 0.272 e. The Morgan fingerprint density at radius 1 is 1.36 bits per heavy atom. The number of oxime groups is 1. The molecule has 1 aromatic heterocycles. The molecule has 1 amide bonds. The molecule has 2 aromatic rings. The molecule has 0 aliphatic carbocycles. The van der Waals surface area contributed by atoms with Gasteiger partial charge in [-0.05, 0) is 19.4 Å². The molecule has 1 aliphatic heterocycles. The fourth-order valence-electron chi connectivity index (χ4n) is 2.30. The zero-order chi connectivity index (χ0) is 15.6. The number of carbonyl (C=O) groups is 1. The predicted octanol–water partition coefficient (Wildman–Crippen LogP) is 2.42. The highest BCUT2D eigenvalue weighted by molar-refractivity contribution is 6.07. The third-order valence-electron chi connectivity index (χ3n) is 3.66. The Morgan fingerprint density at radius 3 is 2.82 bits per heavy atom. The number of nitrogens with zero attached hydrogens (tertiary/aromatic N) is 3. The summed E-state index contributed by atoms with van der Waals surface area (Å²) in [7, 11) is 0. The summed E-state index contributed by atoms with van der Waals surface area (Å²) in [5.41, 5.74) is 0.730. The molecule has 6 heteroatoms. The van der Waals surface area contributed by atoms with Crippen LogP contribution in [0.3, 0.4) is 0 Å². The first-order valence-electron chi connectivity index (χ1n) is 7.26. The molecule has 6 nitrogen and oxygen atoms in total. The Hall–Kier alpha value is -2.63. The smallest absolute Gasteiger partial charge is 0.272 e. The van der Waals surface area contributed by atoms with Gasteiger partial charge >= 0.3 is 0 Å². The van der Waals surface area contributed by atoms with E-state index in [9.17, 15) is 4.79 Å². The molecule has 0 unspecified atom stereocenters. The Morgan fingerprint density at radius 2 is 2.14 bits per heavy atom. The number of benzene rings is 1. The zero-order valence-electron chi connectivity index (χ0n) is 12.6. The van der Waals surface area contributed by atoms with Gasteiger partial charge in [-0.3, -0.25) is 9.48 Å². The van der Waals surface area contributed by atoms with Crippen molar-refractivity contribution in [2.75, 3.05) is 5.32 Å². The van der Waals surface area contributed by atoms with Crippen LogP contribution in [0.4, 0.5) is 5.82 Å². The lowest BCUT2D eigenvalue weighted by Crippen LogP contribution is -2.40. The van der Waals surface area contributed by atoms with Gasteiger partial charge in [-0.25, -0.2) is 0 Å². The van der Waals surface area contributed by atoms with E-state index in [2.05, 4.69) is 15.6 Å². The van der Waals surface area contributed by atoms with Gasteiger partial charge in [0.2, 0.25) is 5.60 Å². The average molecular weight is 298 g/mol. The molecule has 114 valence electrons. The van der Waals surface area contributed by atoms with Gasteiger partial charge < -0.3 is 10.2 Å². The highest BCUT2D eigenvalue weighted by Crippen LogP contribution is 2.27. The first-order valence-corrected chi connectivity index (χ1v) is 7.26. The van der Waals surface area contributed by atoms with Crippen molar-refractivity contribution < 1.29 is 9.63 Å². The second kappa shape index (κ2) is 5.63. The van der Waals surface area contributed by atoms with Crippen molar-refractivity contribution in [1.29, 1.82) is 0 Å². The lowest BCUT2D eigenvalue weighted by molar-refractivity contribution is -0.135. The number of rotatable bonds is 4. The molecule has 1 aromatic carbocycles. The number of amides is 1. The number of anilines is 1. The van der Waals surface area contributed by atoms with Crippen molar-refractivity contribution in [3.63, 3.8) is 0 Å². The van der Waals surface area contributed by atoms with Crippen LogP contribution in [0, 0.1) is 0 Å². The molecule has 0 fully saturated rings. The standard InChI is InChI=1S/C16H18N4O2/c1-3-20-10-9-14(18-20)17-15(21)16(2)11-13(19-22-16)12-7-5-4-6-8-12/h4-10H,3,11H2,1-2H3,(H,17,18,21)/t16-/m0/s1. The average Bonchev–Trinajstić information content (AvgIpc) is 3.16. The SMILES string of the molecule is CCn1ccc(NC(=O)[C@]2(C)CC(c3ccccc3)=NO2)n1. The van der Waals surface area contributed by atoms with E-state index in [1.807, 2.05) is 43.5 Å². The van der Waals surface area contributed by atoms with Gasteiger partial charge in [-0.1, -0.05) is 35.5 Å². The highest BCUT2D eigenvalue weighted by Gasteiger charge is 2.42. The second-order valence-electron chi connectivity index (χ2n) is 5.41. The minimum atomic E-state index is -1.01. The Bertz CT molecular complexity index is 708. The number of aromatic nitrogens is 2. The summed E-state index contributed by atoms with van der Waals surface area (Å²) in [6.45, 7) is 4.48. The van der Waals surface area contributed by atoms with Crippen molar-refractivity contribution in [3.05, 3.63) is 48.2 Å². The topological polar surface area (TPSA) is 68.5 Å². The fourth-order valence-corrected chi connectivity index (χ4v) is 2.30. The summed E-state index contributed by atoms with van der Waals surface area (Å²) in [5, 5.41) is 11.1. The van der Waals surface area contributed by atoms with E-state index in [0.717, 1.165) is 17.8 Å². The van der Waals surface area contributed by atoms with Crippen LogP contribution >= 0.6 is 0 Å². The van der Waals surface area contributed by atoms with Gasteiger partial charge in [-0.15, -0.1) is 0 Å². The van der Waals surface area contributed by atoms with Crippen molar-refractivity contribution in [1.82, 2.24) is 9.78 Å². The van der Waals surface area contributed by atoms with Crippen molar-refractivity contribution >= 4 is 17.4 Å². The molecule has 22 heavy (non-hydrogen) atoms. The minimum Gasteiger partial charge on any atom is -0.379 e. The zero-order valence-corrected chi connectivity index (χ0v) is 12.6. The first kappa shape index (κ1) is 14.3. The number of hydrogen-bond donors (Lipinski definition) is 1. The maximum absolute atomic E-state index is 12.5. The molecule has 0 saturated carbocycles. The summed E-state index contributed by atoms with van der Waals surface area (Å²) < 4.78 is 1.75. The Balaban J connectivity index is 1.69. The highest BCUT2D eigenvalue weighted by atomic mass is 16.7. The molecule has 1 atom stereocenters. The normalized spacial score (nSPS) is 20.4. The number of aryl methyl sites for hydroxylation is 1. The van der Waals surface area contributed by atoms with E-state index in [4.69, 9.17) is 4.84 Å². The van der Waals surface area contributed by atoms with Gasteiger partial charge in [0.05, 0.1) is 5.71 Å². The molecule has 1 N–H and O–H groups in total. The largest absolute Gasteiger partial charge is 0.379 e. The van der Waals surface area contributed by atoms with Crippen molar-refractivity contribution in [2.24, 2.45) is 5.16 Å². The molecule has 1 aliphatic rings. The van der Waals surface area contributed by atoms with Crippen LogP contribution in [-0.4, -0.2) is 27.0 Å². The maximum atomic E-state index is 12.5. The number of nitrogens with one attached hydrogen (secondary N) is 1. The van der Waals surface area contributed by atoms with E-state index in [1.165, 1.54) is 0 Å². The number of carbonyl (C=O) groups excluding carboxylic acids is 1. The Kier molecular flexibility index (Phi) is 3.66. The molecule has 0 bridgehead atoms. The summed E-state index contributed by atoms with van der Waals surface area (Å²) in [4.78, 5) is 17.9. The summed E-state index contributed by atoms with van der Waals surface area (Å²) >= 11 is 0. The molecular formula is C16H18N4O2. The third-order valence-corrected chi connectivity index (χ3v) is 3.66. The van der Waals surface area contributed by atoms with E-state index < -0.39 is 5.60 Å². The molecular weight excluding hydrogens is 280 g/mol. The predicted molar refractivity (Wildman–Crippen MR) is 83.6 cm³/mol. The van der Waals surface area contributed by atoms with E-state index in [1.54, 1.807) is 17.7 Å². The van der Waals surface area contributed by atoms with Crippen LogP contribution in [0.2, 0.25) is 0 Å². The molecule has 0 spiro atoms. The van der Waals surface area contributed by atoms with Crippen LogP contribution in [0.5, 0.6) is 0 Å². The Labute approximate surface area is 128 Å². The van der Waals surface area contributed by atoms with Gasteiger partial charge in [0.15, 0.2) is 5.82 Å². The van der Waals surface area contributed by atoms with Gasteiger partial charge in [0.1, 0.15) is 0 Å². The fraction of sp³-hybridized carbons (Fsp3) is 0.312. The summed E-state index contributed by atoms with van der Waals surface area (Å²) in [6.07, 6.45) is 2.25. The lowest BCUT2D eigenvalue weighted by Gasteiger charge is -2.19. The van der Waals surface area contributed by atoms with Crippen molar-refractivity contribution in [3.8, 4) is 0 Å². The van der Waals surface area contributed by atoms with Crippen LogP contribution in [-0.2, 0) is 16.2 Å². The summed E-state index contributed by atoms with van der Waals surface area (Å²) in [5.74, 6) is 0.272. The molecule has 2 heterocycles. The monoisotopic (exact) mass is 298 g/mol. The first-order chi connectivity index (χ1) is 10.6. The second-order valence-corrected chi connectivity index (χ2v) is 5.41. The minimum absolute atomic E-state index is 0.247. The van der Waals surface area contributed by atoms with E-state index >= 15 is 0 Å². The van der Waals surface area contributed by atoms with Crippen LogP contribution < -0.4 is 5.32 Å². The van der Waals surface area contributed by atoms with Gasteiger partial charge in [-0.2, -0.15) is 5.10 Å². The molecule has 0 saturated heterocycles. The van der Waals surface area contributed by atoms with E-state index in [0.29, 0.717) is 12.2 Å². The van der Waals surface area contributed by atoms with E-state index in [-0.39, 0.29) is 5.91 Å². The third kappa shape index (κ3) is 2.72. The van der Waals surface area contributed by atoms with Crippen LogP contribution in [0.1, 0.15) is 25.8 Å². The van der Waals surface area contributed by atoms with Gasteiger partial charge in [0.25, 0.3) is 5.91 Å². The van der Waals surface area contributed by atoms with Crippen LogP contribution in [0.25, 0.3) is 0 Å². The van der Waals surface area contributed by atoms with Gasteiger partial charge in [0, 0.05) is 25.2 Å². The van der Waals surface area contributed by atoms with Crippen molar-refractivity contribution in [2.45, 2.75) is 32.4 Å².